The maximum atomic E-state index is 4.62. The minimum atomic E-state index is 0.493. The lowest BCUT2D eigenvalue weighted by Gasteiger charge is -2.33. The van der Waals surface area contributed by atoms with Crippen LogP contribution < -0.4 is 4.90 Å². The van der Waals surface area contributed by atoms with E-state index in [0.717, 1.165) is 31.8 Å². The molecule has 7 heteroatoms. The van der Waals surface area contributed by atoms with Crippen LogP contribution in [0, 0.1) is 0 Å². The van der Waals surface area contributed by atoms with Crippen molar-refractivity contribution >= 4 is 5.69 Å². The van der Waals surface area contributed by atoms with E-state index >= 15 is 0 Å². The van der Waals surface area contributed by atoms with Crippen LogP contribution in [0.2, 0.25) is 0 Å². The maximum Gasteiger partial charge on any atom is 0.155 e. The normalized spacial score (nSPS) is 18.4. The van der Waals surface area contributed by atoms with Crippen LogP contribution in [0.1, 0.15) is 49.3 Å². The number of rotatable bonds is 5. The largest absolute Gasteiger partial charge is 0.371 e. The summed E-state index contributed by atoms with van der Waals surface area (Å²) in [6.07, 6.45) is 12.3. The van der Waals surface area contributed by atoms with Crippen LogP contribution >= 0.6 is 0 Å². The Morgan fingerprint density at radius 3 is 2.46 bits per heavy atom. The van der Waals surface area contributed by atoms with Gasteiger partial charge in [-0.2, -0.15) is 5.10 Å². The summed E-state index contributed by atoms with van der Waals surface area (Å²) in [4.78, 5) is 6.56. The Morgan fingerprint density at radius 2 is 1.77 bits per heavy atom. The lowest BCUT2D eigenvalue weighted by molar-refractivity contribution is 0.460. The summed E-state index contributed by atoms with van der Waals surface area (Å²) >= 11 is 0. The van der Waals surface area contributed by atoms with Crippen LogP contribution in [0.5, 0.6) is 0 Å². The van der Waals surface area contributed by atoms with Crippen molar-refractivity contribution in [1.29, 1.82) is 0 Å². The van der Waals surface area contributed by atoms with Gasteiger partial charge >= 0.3 is 0 Å². The molecule has 2 aliphatic rings. The van der Waals surface area contributed by atoms with Crippen molar-refractivity contribution in [2.75, 3.05) is 18.0 Å². The topological polar surface area (TPSA) is 64.7 Å². The first kappa shape index (κ1) is 15.5. The molecule has 0 spiro atoms. The number of hydrogen-bond acceptors (Lipinski definition) is 5. The molecule has 2 fully saturated rings. The molecule has 134 valence electrons. The molecule has 1 saturated heterocycles. The molecule has 0 bridgehead atoms. The highest BCUT2D eigenvalue weighted by molar-refractivity contribution is 5.45. The zero-order valence-corrected chi connectivity index (χ0v) is 14.8. The fourth-order valence-corrected chi connectivity index (χ4v) is 3.94. The van der Waals surface area contributed by atoms with Gasteiger partial charge < -0.3 is 9.47 Å². The van der Waals surface area contributed by atoms with Crippen molar-refractivity contribution in [3.8, 4) is 0 Å². The quantitative estimate of drug-likeness (QED) is 0.708. The molecule has 26 heavy (non-hydrogen) atoms. The standard InChI is InChI=1S/C19H23N7/c1-8-21-25(11-1)14-18-22-23-19(26(18)17-2-3-17)15-6-12-24(13-7-15)16-4-9-20-10-5-16/h1,4-5,8-11,15,17H,2-3,6-7,12-14H2. The third-order valence-corrected chi connectivity index (χ3v) is 5.46. The number of piperidine rings is 1. The Labute approximate surface area is 152 Å². The number of pyridine rings is 1. The third-order valence-electron chi connectivity index (χ3n) is 5.46. The van der Waals surface area contributed by atoms with E-state index in [9.17, 15) is 0 Å². The first-order valence-electron chi connectivity index (χ1n) is 9.44. The number of anilines is 1. The van der Waals surface area contributed by atoms with Crippen molar-refractivity contribution in [2.24, 2.45) is 0 Å². The van der Waals surface area contributed by atoms with Gasteiger partial charge in [-0.25, -0.2) is 0 Å². The minimum Gasteiger partial charge on any atom is -0.371 e. The van der Waals surface area contributed by atoms with E-state index in [1.165, 1.54) is 24.4 Å². The van der Waals surface area contributed by atoms with Gasteiger partial charge in [0.05, 0.1) is 0 Å². The maximum absolute atomic E-state index is 4.62. The number of hydrogen-bond donors (Lipinski definition) is 0. The van der Waals surface area contributed by atoms with Gasteiger partial charge in [0, 0.05) is 55.5 Å². The van der Waals surface area contributed by atoms with E-state index < -0.39 is 0 Å². The van der Waals surface area contributed by atoms with Crippen molar-refractivity contribution in [3.05, 3.63) is 54.6 Å². The summed E-state index contributed by atoms with van der Waals surface area (Å²) in [5.41, 5.74) is 1.27. The van der Waals surface area contributed by atoms with Gasteiger partial charge in [0.15, 0.2) is 5.82 Å². The first-order valence-corrected chi connectivity index (χ1v) is 9.44. The lowest BCUT2D eigenvalue weighted by Crippen LogP contribution is -2.33. The Morgan fingerprint density at radius 1 is 0.962 bits per heavy atom. The second-order valence-corrected chi connectivity index (χ2v) is 7.25. The second kappa shape index (κ2) is 6.55. The zero-order chi connectivity index (χ0) is 17.3. The zero-order valence-electron chi connectivity index (χ0n) is 14.8. The molecular formula is C19H23N7. The van der Waals surface area contributed by atoms with E-state index in [-0.39, 0.29) is 0 Å². The third kappa shape index (κ3) is 2.98. The Balaban J connectivity index is 1.33. The molecule has 7 nitrogen and oxygen atoms in total. The van der Waals surface area contributed by atoms with Crippen LogP contribution in [0.4, 0.5) is 5.69 Å². The highest BCUT2D eigenvalue weighted by atomic mass is 15.3. The van der Waals surface area contributed by atoms with Gasteiger partial charge in [-0.15, -0.1) is 10.2 Å². The van der Waals surface area contributed by atoms with Crippen molar-refractivity contribution in [3.63, 3.8) is 0 Å². The summed E-state index contributed by atoms with van der Waals surface area (Å²) in [6.45, 7) is 2.81. The Hall–Kier alpha value is -2.70. The molecule has 1 saturated carbocycles. The van der Waals surface area contributed by atoms with Crippen LogP contribution in [0.15, 0.2) is 43.0 Å². The van der Waals surface area contributed by atoms with E-state index in [0.29, 0.717) is 18.5 Å². The number of aromatic nitrogens is 6. The summed E-state index contributed by atoms with van der Waals surface area (Å²) in [5, 5.41) is 13.5. The molecule has 0 N–H and O–H groups in total. The van der Waals surface area contributed by atoms with Gasteiger partial charge in [0.1, 0.15) is 12.4 Å². The van der Waals surface area contributed by atoms with E-state index in [1.54, 1.807) is 0 Å². The molecule has 0 radical (unpaired) electrons. The Bertz CT molecular complexity index is 843. The van der Waals surface area contributed by atoms with Crippen LogP contribution in [0.3, 0.4) is 0 Å². The molecule has 0 amide bonds. The average Bonchev–Trinajstić information content (AvgIpc) is 3.24. The monoisotopic (exact) mass is 349 g/mol. The molecule has 3 aromatic rings. The molecule has 0 unspecified atom stereocenters. The average molecular weight is 349 g/mol. The molecule has 0 atom stereocenters. The molecular weight excluding hydrogens is 326 g/mol. The smallest absolute Gasteiger partial charge is 0.155 e. The SMILES string of the molecule is c1cnn(Cc2nnc(C3CCN(c4ccncc4)CC3)n2C2CC2)c1. The predicted molar refractivity (Wildman–Crippen MR) is 98.0 cm³/mol. The number of nitrogens with zero attached hydrogens (tertiary/aromatic N) is 7. The van der Waals surface area contributed by atoms with Crippen molar-refractivity contribution < 1.29 is 0 Å². The van der Waals surface area contributed by atoms with Crippen LogP contribution in [-0.4, -0.2) is 42.6 Å². The van der Waals surface area contributed by atoms with Gasteiger partial charge in [-0.1, -0.05) is 0 Å². The summed E-state index contributed by atoms with van der Waals surface area (Å²) in [6, 6.07) is 6.72. The fourth-order valence-electron chi connectivity index (χ4n) is 3.94. The fraction of sp³-hybridized carbons (Fsp3) is 0.474. The molecule has 4 heterocycles. The molecule has 5 rings (SSSR count). The van der Waals surface area contributed by atoms with E-state index in [4.69, 9.17) is 0 Å². The highest BCUT2D eigenvalue weighted by Crippen LogP contribution is 2.40. The van der Waals surface area contributed by atoms with Gasteiger partial charge in [-0.3, -0.25) is 9.67 Å². The summed E-state index contributed by atoms with van der Waals surface area (Å²) in [5.74, 6) is 2.72. The first-order chi connectivity index (χ1) is 12.9. The highest BCUT2D eigenvalue weighted by Gasteiger charge is 2.33. The van der Waals surface area contributed by atoms with E-state index in [2.05, 4.69) is 41.9 Å². The van der Waals surface area contributed by atoms with Gasteiger partial charge in [0.25, 0.3) is 0 Å². The predicted octanol–water partition coefficient (Wildman–Crippen LogP) is 2.64. The summed E-state index contributed by atoms with van der Waals surface area (Å²) < 4.78 is 4.34. The lowest BCUT2D eigenvalue weighted by atomic mass is 9.95. The van der Waals surface area contributed by atoms with Crippen molar-refractivity contribution in [1.82, 2.24) is 29.5 Å². The Kier molecular flexibility index (Phi) is 3.92. The second-order valence-electron chi connectivity index (χ2n) is 7.25. The minimum absolute atomic E-state index is 0.493. The molecule has 1 aliphatic heterocycles. The van der Waals surface area contributed by atoms with Crippen LogP contribution in [-0.2, 0) is 6.54 Å². The van der Waals surface area contributed by atoms with Crippen molar-refractivity contribution in [2.45, 2.75) is 44.2 Å². The van der Waals surface area contributed by atoms with Gasteiger partial charge in [0.2, 0.25) is 0 Å². The van der Waals surface area contributed by atoms with Crippen LogP contribution in [0.25, 0.3) is 0 Å². The van der Waals surface area contributed by atoms with Gasteiger partial charge in [-0.05, 0) is 43.9 Å². The van der Waals surface area contributed by atoms with E-state index in [1.807, 2.05) is 35.5 Å². The summed E-state index contributed by atoms with van der Waals surface area (Å²) in [7, 11) is 0. The molecule has 3 aromatic heterocycles. The molecule has 1 aliphatic carbocycles. The molecule has 0 aromatic carbocycles.